The highest BCUT2D eigenvalue weighted by Gasteiger charge is 2.26. The van der Waals surface area contributed by atoms with Crippen LogP contribution in [0.4, 0.5) is 0 Å². The fraction of sp³-hybridized carbons (Fsp3) is 1.00. The van der Waals surface area contributed by atoms with Crippen molar-refractivity contribution in [3.63, 3.8) is 0 Å². The van der Waals surface area contributed by atoms with E-state index in [0.717, 1.165) is 24.4 Å². The highest BCUT2D eigenvalue weighted by Crippen LogP contribution is 2.23. The summed E-state index contributed by atoms with van der Waals surface area (Å²) in [5.41, 5.74) is 0. The first-order valence-corrected chi connectivity index (χ1v) is 7.52. The molecule has 1 unspecified atom stereocenters. The van der Waals surface area contributed by atoms with Crippen molar-refractivity contribution < 1.29 is 0 Å². The van der Waals surface area contributed by atoms with Gasteiger partial charge in [-0.2, -0.15) is 0 Å². The molecule has 2 nitrogen and oxygen atoms in total. The molecule has 0 bridgehead atoms. The van der Waals surface area contributed by atoms with Gasteiger partial charge in [0.25, 0.3) is 0 Å². The lowest BCUT2D eigenvalue weighted by atomic mass is 9.91. The predicted molar refractivity (Wildman–Crippen MR) is 76.4 cm³/mol. The SMILES string of the molecule is CCC1CCN(C(CNC(C)C)C(C)C)CC1. The molecule has 0 saturated carbocycles. The van der Waals surface area contributed by atoms with E-state index in [1.54, 1.807) is 0 Å². The Morgan fingerprint density at radius 1 is 1.12 bits per heavy atom. The quantitative estimate of drug-likeness (QED) is 0.767. The molecule has 1 atom stereocenters. The Morgan fingerprint density at radius 2 is 1.71 bits per heavy atom. The zero-order chi connectivity index (χ0) is 12.8. The average Bonchev–Trinajstić information content (AvgIpc) is 2.29. The first kappa shape index (κ1) is 15.0. The second-order valence-electron chi connectivity index (χ2n) is 6.26. The molecule has 1 heterocycles. The molecule has 102 valence electrons. The molecule has 17 heavy (non-hydrogen) atoms. The van der Waals surface area contributed by atoms with Crippen LogP contribution in [0.25, 0.3) is 0 Å². The molecule has 0 spiro atoms. The fourth-order valence-corrected chi connectivity index (χ4v) is 2.84. The van der Waals surface area contributed by atoms with Gasteiger partial charge >= 0.3 is 0 Å². The first-order chi connectivity index (χ1) is 8.04. The molecule has 0 aromatic carbocycles. The Kier molecular flexibility index (Phi) is 6.50. The van der Waals surface area contributed by atoms with Crippen molar-refractivity contribution in [1.29, 1.82) is 0 Å². The normalized spacial score (nSPS) is 21.4. The molecular weight excluding hydrogens is 208 g/mol. The van der Waals surface area contributed by atoms with E-state index >= 15 is 0 Å². The Hall–Kier alpha value is -0.0800. The molecule has 0 amide bonds. The summed E-state index contributed by atoms with van der Waals surface area (Å²) in [7, 11) is 0. The molecule has 0 aliphatic carbocycles. The van der Waals surface area contributed by atoms with Gasteiger partial charge < -0.3 is 5.32 Å². The second kappa shape index (κ2) is 7.38. The molecule has 0 aromatic heterocycles. The molecule has 2 heteroatoms. The molecule has 1 aliphatic rings. The maximum absolute atomic E-state index is 3.61. The fourth-order valence-electron chi connectivity index (χ4n) is 2.84. The first-order valence-electron chi connectivity index (χ1n) is 7.52. The molecule has 0 radical (unpaired) electrons. The monoisotopic (exact) mass is 240 g/mol. The van der Waals surface area contributed by atoms with Gasteiger partial charge in [-0.05, 0) is 37.8 Å². The van der Waals surface area contributed by atoms with E-state index < -0.39 is 0 Å². The molecular formula is C15H32N2. The van der Waals surface area contributed by atoms with Crippen LogP contribution in [0.1, 0.15) is 53.9 Å². The van der Waals surface area contributed by atoms with Crippen LogP contribution in [0.5, 0.6) is 0 Å². The number of nitrogens with zero attached hydrogens (tertiary/aromatic N) is 1. The maximum Gasteiger partial charge on any atom is 0.0243 e. The van der Waals surface area contributed by atoms with E-state index in [9.17, 15) is 0 Å². The Morgan fingerprint density at radius 3 is 2.12 bits per heavy atom. The van der Waals surface area contributed by atoms with E-state index in [4.69, 9.17) is 0 Å². The molecule has 1 aliphatic heterocycles. The molecule has 1 N–H and O–H groups in total. The Balaban J connectivity index is 2.42. The van der Waals surface area contributed by atoms with Crippen LogP contribution >= 0.6 is 0 Å². The number of rotatable bonds is 6. The summed E-state index contributed by atoms with van der Waals surface area (Å²) in [6.07, 6.45) is 4.17. The average molecular weight is 240 g/mol. The Labute approximate surface area is 108 Å². The van der Waals surface area contributed by atoms with Crippen molar-refractivity contribution >= 4 is 0 Å². The van der Waals surface area contributed by atoms with Gasteiger partial charge in [-0.1, -0.05) is 41.0 Å². The van der Waals surface area contributed by atoms with Crippen LogP contribution in [0.2, 0.25) is 0 Å². The summed E-state index contributed by atoms with van der Waals surface area (Å²) in [6.45, 7) is 15.3. The van der Waals surface area contributed by atoms with Crippen molar-refractivity contribution in [3.05, 3.63) is 0 Å². The number of hydrogen-bond donors (Lipinski definition) is 1. The van der Waals surface area contributed by atoms with Gasteiger partial charge in [-0.25, -0.2) is 0 Å². The molecule has 1 rings (SSSR count). The highest BCUT2D eigenvalue weighted by atomic mass is 15.2. The van der Waals surface area contributed by atoms with Crippen LogP contribution in [-0.4, -0.2) is 36.6 Å². The summed E-state index contributed by atoms with van der Waals surface area (Å²) in [6, 6.07) is 1.32. The summed E-state index contributed by atoms with van der Waals surface area (Å²) in [4.78, 5) is 2.71. The number of hydrogen-bond acceptors (Lipinski definition) is 2. The van der Waals surface area contributed by atoms with Crippen LogP contribution in [-0.2, 0) is 0 Å². The van der Waals surface area contributed by atoms with Crippen molar-refractivity contribution in [2.75, 3.05) is 19.6 Å². The lowest BCUT2D eigenvalue weighted by Gasteiger charge is -2.39. The van der Waals surface area contributed by atoms with Crippen LogP contribution in [0, 0.1) is 11.8 Å². The molecule has 1 saturated heterocycles. The van der Waals surface area contributed by atoms with Gasteiger partial charge in [-0.3, -0.25) is 4.90 Å². The third-order valence-corrected chi connectivity index (χ3v) is 4.20. The standard InChI is InChI=1S/C15H32N2/c1-6-14-7-9-17(10-8-14)15(12(2)3)11-16-13(4)5/h12-16H,6-11H2,1-5H3. The zero-order valence-electron chi connectivity index (χ0n) is 12.5. The van der Waals surface area contributed by atoms with E-state index in [-0.39, 0.29) is 0 Å². The third kappa shape index (κ3) is 4.97. The minimum Gasteiger partial charge on any atom is -0.313 e. The van der Waals surface area contributed by atoms with E-state index in [1.165, 1.54) is 32.4 Å². The van der Waals surface area contributed by atoms with E-state index in [1.807, 2.05) is 0 Å². The van der Waals surface area contributed by atoms with Crippen molar-refractivity contribution in [2.24, 2.45) is 11.8 Å². The van der Waals surface area contributed by atoms with Crippen molar-refractivity contribution in [1.82, 2.24) is 10.2 Å². The van der Waals surface area contributed by atoms with Gasteiger partial charge in [0, 0.05) is 18.6 Å². The summed E-state index contributed by atoms with van der Waals surface area (Å²) in [5, 5.41) is 3.61. The van der Waals surface area contributed by atoms with Crippen molar-refractivity contribution in [3.8, 4) is 0 Å². The van der Waals surface area contributed by atoms with Gasteiger partial charge in [0.05, 0.1) is 0 Å². The number of likely N-dealkylation sites (tertiary alicyclic amines) is 1. The van der Waals surface area contributed by atoms with Crippen LogP contribution < -0.4 is 5.32 Å². The topological polar surface area (TPSA) is 15.3 Å². The third-order valence-electron chi connectivity index (χ3n) is 4.20. The lowest BCUT2D eigenvalue weighted by Crippen LogP contribution is -2.49. The van der Waals surface area contributed by atoms with Gasteiger partial charge in [0.15, 0.2) is 0 Å². The summed E-state index contributed by atoms with van der Waals surface area (Å²) >= 11 is 0. The van der Waals surface area contributed by atoms with Gasteiger partial charge in [-0.15, -0.1) is 0 Å². The minimum absolute atomic E-state index is 0.601. The van der Waals surface area contributed by atoms with Gasteiger partial charge in [0.2, 0.25) is 0 Å². The zero-order valence-corrected chi connectivity index (χ0v) is 12.5. The molecule has 1 fully saturated rings. The highest BCUT2D eigenvalue weighted by molar-refractivity contribution is 4.82. The lowest BCUT2D eigenvalue weighted by molar-refractivity contribution is 0.100. The largest absolute Gasteiger partial charge is 0.313 e. The summed E-state index contributed by atoms with van der Waals surface area (Å²) < 4.78 is 0. The number of piperidine rings is 1. The van der Waals surface area contributed by atoms with Crippen LogP contribution in [0.3, 0.4) is 0 Å². The van der Waals surface area contributed by atoms with Crippen LogP contribution in [0.15, 0.2) is 0 Å². The minimum atomic E-state index is 0.601. The van der Waals surface area contributed by atoms with E-state index in [2.05, 4.69) is 44.8 Å². The maximum atomic E-state index is 3.61. The smallest absolute Gasteiger partial charge is 0.0243 e. The number of nitrogens with one attached hydrogen (secondary N) is 1. The Bertz CT molecular complexity index is 193. The van der Waals surface area contributed by atoms with Gasteiger partial charge in [0.1, 0.15) is 0 Å². The second-order valence-corrected chi connectivity index (χ2v) is 6.26. The van der Waals surface area contributed by atoms with E-state index in [0.29, 0.717) is 6.04 Å². The summed E-state index contributed by atoms with van der Waals surface area (Å²) in [5.74, 6) is 1.73. The van der Waals surface area contributed by atoms with Crippen molar-refractivity contribution in [2.45, 2.75) is 66.0 Å². The predicted octanol–water partition coefficient (Wildman–Crippen LogP) is 3.13. The molecule has 0 aromatic rings.